The minimum atomic E-state index is -0.253. The molecule has 1 aliphatic heterocycles. The van der Waals surface area contributed by atoms with Crippen molar-refractivity contribution in [1.82, 2.24) is 0 Å². The van der Waals surface area contributed by atoms with Gasteiger partial charge in [-0.25, -0.2) is 0 Å². The molecule has 0 amide bonds. The van der Waals surface area contributed by atoms with Crippen molar-refractivity contribution in [3.8, 4) is 0 Å². The van der Waals surface area contributed by atoms with E-state index in [4.69, 9.17) is 4.74 Å². The van der Waals surface area contributed by atoms with E-state index < -0.39 is 0 Å². The SMILES string of the molecule is O=C1O[C@H]2C[C@H]3C[C@@H]1[C@@H]2[C@H]3O. The zero-order chi connectivity index (χ0) is 7.59. The maximum Gasteiger partial charge on any atom is 0.309 e. The van der Waals surface area contributed by atoms with Gasteiger partial charge in [-0.15, -0.1) is 0 Å². The fraction of sp³-hybridized carbons (Fsp3) is 0.875. The number of hydrogen-bond donors (Lipinski definition) is 1. The van der Waals surface area contributed by atoms with E-state index in [2.05, 4.69) is 0 Å². The Hall–Kier alpha value is -0.570. The van der Waals surface area contributed by atoms with E-state index >= 15 is 0 Å². The van der Waals surface area contributed by atoms with Gasteiger partial charge in [0, 0.05) is 5.92 Å². The van der Waals surface area contributed by atoms with Gasteiger partial charge in [0.2, 0.25) is 0 Å². The number of aliphatic hydroxyl groups excluding tert-OH is 1. The van der Waals surface area contributed by atoms with Crippen LogP contribution in [0, 0.1) is 17.8 Å². The number of hydrogen-bond acceptors (Lipinski definition) is 3. The summed E-state index contributed by atoms with van der Waals surface area (Å²) in [6.07, 6.45) is 1.56. The van der Waals surface area contributed by atoms with Crippen LogP contribution in [0.25, 0.3) is 0 Å². The Morgan fingerprint density at radius 2 is 2.27 bits per heavy atom. The Bertz CT molecular complexity index is 225. The van der Waals surface area contributed by atoms with E-state index in [1.165, 1.54) is 0 Å². The van der Waals surface area contributed by atoms with Crippen LogP contribution in [0.2, 0.25) is 0 Å². The molecule has 60 valence electrons. The summed E-state index contributed by atoms with van der Waals surface area (Å²) in [6.45, 7) is 0. The molecule has 1 heterocycles. The average Bonchev–Trinajstić information content (AvgIpc) is 2.47. The van der Waals surface area contributed by atoms with Gasteiger partial charge in [0.25, 0.3) is 0 Å². The Morgan fingerprint density at radius 1 is 1.45 bits per heavy atom. The second-order valence-electron chi connectivity index (χ2n) is 3.88. The fourth-order valence-corrected chi connectivity index (χ4v) is 2.96. The van der Waals surface area contributed by atoms with Crippen molar-refractivity contribution in [1.29, 1.82) is 0 Å². The van der Waals surface area contributed by atoms with Crippen LogP contribution in [-0.4, -0.2) is 23.3 Å². The van der Waals surface area contributed by atoms with E-state index in [1.54, 1.807) is 0 Å². The first-order valence-corrected chi connectivity index (χ1v) is 4.16. The highest BCUT2D eigenvalue weighted by atomic mass is 16.6. The molecule has 11 heavy (non-hydrogen) atoms. The lowest BCUT2D eigenvalue weighted by molar-refractivity contribution is -0.143. The molecule has 2 bridgehead atoms. The predicted octanol–water partition coefficient (Wildman–Crippen LogP) is -0.0713. The number of carbonyl (C=O) groups excluding carboxylic acids is 1. The van der Waals surface area contributed by atoms with Crippen LogP contribution in [0.1, 0.15) is 12.8 Å². The number of esters is 1. The molecule has 3 nitrogen and oxygen atoms in total. The van der Waals surface area contributed by atoms with Gasteiger partial charge >= 0.3 is 5.97 Å². The first-order valence-electron chi connectivity index (χ1n) is 4.16. The second-order valence-corrected chi connectivity index (χ2v) is 3.88. The van der Waals surface area contributed by atoms with Crippen molar-refractivity contribution in [2.75, 3.05) is 0 Å². The maximum absolute atomic E-state index is 11.1. The zero-order valence-corrected chi connectivity index (χ0v) is 6.06. The molecule has 1 saturated heterocycles. The monoisotopic (exact) mass is 154 g/mol. The highest BCUT2D eigenvalue weighted by Crippen LogP contribution is 2.54. The zero-order valence-electron chi connectivity index (χ0n) is 6.06. The summed E-state index contributed by atoms with van der Waals surface area (Å²) in [5.74, 6) is 0.460. The standard InChI is InChI=1S/C8H10O3/c9-7-3-1-4-6(7)5(2-3)11-8(4)10/h3-7,9H,1-2H2/t3-,4-,5+,6+,7+/m1/s1. The summed E-state index contributed by atoms with van der Waals surface area (Å²) in [7, 11) is 0. The third-order valence-electron chi connectivity index (χ3n) is 3.43. The summed E-state index contributed by atoms with van der Waals surface area (Å²) in [6, 6.07) is 0. The summed E-state index contributed by atoms with van der Waals surface area (Å²) in [5.41, 5.74) is 0. The Kier molecular flexibility index (Phi) is 0.876. The smallest absolute Gasteiger partial charge is 0.309 e. The summed E-state index contributed by atoms with van der Waals surface area (Å²) < 4.78 is 5.11. The Labute approximate surface area is 64.3 Å². The van der Waals surface area contributed by atoms with Gasteiger partial charge in [-0.3, -0.25) is 4.79 Å². The van der Waals surface area contributed by atoms with E-state index in [0.29, 0.717) is 5.92 Å². The molecule has 3 rings (SSSR count). The number of ether oxygens (including phenoxy) is 1. The van der Waals surface area contributed by atoms with Crippen LogP contribution in [0.15, 0.2) is 0 Å². The fourth-order valence-electron chi connectivity index (χ4n) is 2.96. The van der Waals surface area contributed by atoms with E-state index in [1.807, 2.05) is 0 Å². The molecule has 2 saturated carbocycles. The van der Waals surface area contributed by atoms with Gasteiger partial charge in [-0.2, -0.15) is 0 Å². The lowest BCUT2D eigenvalue weighted by atomic mass is 9.90. The number of fused-ring (bicyclic) bond motifs is 1. The topological polar surface area (TPSA) is 46.5 Å². The highest BCUT2D eigenvalue weighted by molar-refractivity contribution is 5.76. The Balaban J connectivity index is 2.05. The largest absolute Gasteiger partial charge is 0.462 e. The van der Waals surface area contributed by atoms with Crippen LogP contribution in [0.3, 0.4) is 0 Å². The maximum atomic E-state index is 11.1. The van der Waals surface area contributed by atoms with Gasteiger partial charge in [0.05, 0.1) is 12.0 Å². The van der Waals surface area contributed by atoms with Crippen molar-refractivity contribution < 1.29 is 14.6 Å². The lowest BCUT2D eigenvalue weighted by Gasteiger charge is -2.11. The molecule has 3 heteroatoms. The second kappa shape index (κ2) is 1.61. The van der Waals surface area contributed by atoms with Crippen molar-refractivity contribution in [3.63, 3.8) is 0 Å². The lowest BCUT2D eigenvalue weighted by Crippen LogP contribution is -2.20. The number of carbonyl (C=O) groups is 1. The molecular weight excluding hydrogens is 144 g/mol. The molecule has 0 unspecified atom stereocenters. The molecule has 1 N–H and O–H groups in total. The van der Waals surface area contributed by atoms with Gasteiger partial charge in [-0.1, -0.05) is 0 Å². The minimum absolute atomic E-state index is 0.0359. The average molecular weight is 154 g/mol. The molecule has 0 spiro atoms. The quantitative estimate of drug-likeness (QED) is 0.497. The van der Waals surface area contributed by atoms with Gasteiger partial charge in [-0.05, 0) is 18.8 Å². The molecule has 0 aromatic carbocycles. The molecule has 3 fully saturated rings. The van der Waals surface area contributed by atoms with Gasteiger partial charge < -0.3 is 9.84 Å². The minimum Gasteiger partial charge on any atom is -0.462 e. The Morgan fingerprint density at radius 3 is 2.82 bits per heavy atom. The van der Waals surface area contributed by atoms with E-state index in [9.17, 15) is 9.90 Å². The third-order valence-corrected chi connectivity index (χ3v) is 3.43. The van der Waals surface area contributed by atoms with Crippen LogP contribution in [0.4, 0.5) is 0 Å². The first kappa shape index (κ1) is 6.00. The van der Waals surface area contributed by atoms with Crippen molar-refractivity contribution in [2.45, 2.75) is 25.0 Å². The van der Waals surface area contributed by atoms with Crippen molar-refractivity contribution in [3.05, 3.63) is 0 Å². The molecule has 2 aliphatic carbocycles. The molecule has 0 aromatic heterocycles. The number of aliphatic hydroxyl groups is 1. The van der Waals surface area contributed by atoms with Crippen molar-refractivity contribution >= 4 is 5.97 Å². The van der Waals surface area contributed by atoms with E-state index in [-0.39, 0.29) is 30.0 Å². The van der Waals surface area contributed by atoms with Crippen LogP contribution < -0.4 is 0 Å². The van der Waals surface area contributed by atoms with E-state index in [0.717, 1.165) is 12.8 Å². The van der Waals surface area contributed by atoms with Crippen LogP contribution in [0.5, 0.6) is 0 Å². The number of rotatable bonds is 0. The van der Waals surface area contributed by atoms with Crippen molar-refractivity contribution in [2.24, 2.45) is 17.8 Å². The predicted molar refractivity (Wildman–Crippen MR) is 35.6 cm³/mol. The molecular formula is C8H10O3. The first-order chi connectivity index (χ1) is 5.27. The normalized spacial score (nSPS) is 58.6. The summed E-state index contributed by atoms with van der Waals surface area (Å²) in [4.78, 5) is 11.1. The third kappa shape index (κ3) is 0.527. The van der Waals surface area contributed by atoms with Gasteiger partial charge in [0.1, 0.15) is 6.10 Å². The highest BCUT2D eigenvalue weighted by Gasteiger charge is 2.61. The summed E-state index contributed by atoms with van der Waals surface area (Å²) in [5, 5.41) is 9.60. The molecule has 3 aliphatic rings. The molecule has 5 atom stereocenters. The summed E-state index contributed by atoms with van der Waals surface area (Å²) >= 11 is 0. The van der Waals surface area contributed by atoms with Gasteiger partial charge in [0.15, 0.2) is 0 Å². The van der Waals surface area contributed by atoms with Crippen LogP contribution >= 0.6 is 0 Å². The van der Waals surface area contributed by atoms with Crippen LogP contribution in [-0.2, 0) is 9.53 Å². The molecule has 0 radical (unpaired) electrons. The molecule has 0 aromatic rings.